The number of anilines is 2. The Labute approximate surface area is 94.5 Å². The number of nitrogens with one attached hydrogen (secondary N) is 2. The molecule has 0 aromatic carbocycles. The van der Waals surface area contributed by atoms with Crippen molar-refractivity contribution in [2.45, 2.75) is 32.2 Å². The van der Waals surface area contributed by atoms with Gasteiger partial charge >= 0.3 is 0 Å². The Bertz CT molecular complexity index is 402. The third kappa shape index (κ3) is 2.73. The zero-order chi connectivity index (χ0) is 12.2. The van der Waals surface area contributed by atoms with Crippen molar-refractivity contribution in [1.29, 1.82) is 0 Å². The fraction of sp³-hybridized carbons (Fsp3) is 0.600. The third-order valence-electron chi connectivity index (χ3n) is 2.79. The fourth-order valence-corrected chi connectivity index (χ4v) is 1.44. The van der Waals surface area contributed by atoms with Gasteiger partial charge in [0, 0.05) is 5.54 Å². The normalized spacial score (nSPS) is 14.4. The lowest BCUT2D eigenvalue weighted by Gasteiger charge is -2.30. The van der Waals surface area contributed by atoms with Gasteiger partial charge in [-0.1, -0.05) is 6.92 Å². The highest BCUT2D eigenvalue weighted by atomic mass is 16.1. The number of hydrogen-bond acceptors (Lipinski definition) is 5. The summed E-state index contributed by atoms with van der Waals surface area (Å²) in [5, 5.41) is 3.18. The molecule has 0 amide bonds. The van der Waals surface area contributed by atoms with E-state index in [1.165, 1.54) is 6.33 Å². The van der Waals surface area contributed by atoms with Crippen LogP contribution >= 0.6 is 0 Å². The van der Waals surface area contributed by atoms with Crippen LogP contribution in [0, 0.1) is 0 Å². The van der Waals surface area contributed by atoms with Crippen LogP contribution in [0.3, 0.4) is 0 Å². The molecule has 0 aliphatic carbocycles. The van der Waals surface area contributed by atoms with Gasteiger partial charge in [-0.3, -0.25) is 4.79 Å². The van der Waals surface area contributed by atoms with Crippen molar-refractivity contribution in [2.75, 3.05) is 17.6 Å². The second kappa shape index (κ2) is 4.98. The Morgan fingerprint density at radius 3 is 2.88 bits per heavy atom. The summed E-state index contributed by atoms with van der Waals surface area (Å²) in [5.74, 6) is 0.418. The lowest BCUT2D eigenvalue weighted by molar-refractivity contribution is 0.462. The predicted octanol–water partition coefficient (Wildman–Crippen LogP) is 0.282. The third-order valence-corrected chi connectivity index (χ3v) is 2.79. The number of aromatic amines is 1. The Balaban J connectivity index is 2.94. The van der Waals surface area contributed by atoms with E-state index >= 15 is 0 Å². The summed E-state index contributed by atoms with van der Waals surface area (Å²) in [6.07, 6.45) is 3.00. The van der Waals surface area contributed by atoms with Crippen LogP contribution in [0.15, 0.2) is 11.1 Å². The molecule has 1 heterocycles. The summed E-state index contributed by atoms with van der Waals surface area (Å²) < 4.78 is 0. The van der Waals surface area contributed by atoms with Gasteiger partial charge in [0.25, 0.3) is 5.56 Å². The van der Waals surface area contributed by atoms with E-state index in [1.807, 2.05) is 13.8 Å². The Hall–Kier alpha value is -1.56. The second-order valence-corrected chi connectivity index (χ2v) is 4.07. The zero-order valence-electron chi connectivity index (χ0n) is 9.71. The first-order valence-corrected chi connectivity index (χ1v) is 5.34. The van der Waals surface area contributed by atoms with Crippen molar-refractivity contribution in [3.05, 3.63) is 16.7 Å². The monoisotopic (exact) mass is 225 g/mol. The summed E-state index contributed by atoms with van der Waals surface area (Å²) >= 11 is 0. The maximum atomic E-state index is 11.3. The Kier molecular flexibility index (Phi) is 3.89. The van der Waals surface area contributed by atoms with Crippen molar-refractivity contribution in [1.82, 2.24) is 9.97 Å². The number of nitrogen functional groups attached to an aromatic ring is 1. The maximum Gasteiger partial charge on any atom is 0.276 e. The van der Waals surface area contributed by atoms with E-state index in [9.17, 15) is 4.79 Å². The van der Waals surface area contributed by atoms with Gasteiger partial charge in [0.2, 0.25) is 0 Å². The van der Waals surface area contributed by atoms with Crippen LogP contribution in [0.25, 0.3) is 0 Å². The smallest absolute Gasteiger partial charge is 0.276 e. The fourth-order valence-electron chi connectivity index (χ4n) is 1.44. The number of rotatable bonds is 5. The van der Waals surface area contributed by atoms with Crippen LogP contribution in [-0.2, 0) is 0 Å². The van der Waals surface area contributed by atoms with Gasteiger partial charge in [-0.05, 0) is 26.3 Å². The van der Waals surface area contributed by atoms with Crippen LogP contribution in [0.5, 0.6) is 0 Å². The summed E-state index contributed by atoms with van der Waals surface area (Å²) in [5.41, 5.74) is 10.8. The topological polar surface area (TPSA) is 110 Å². The van der Waals surface area contributed by atoms with E-state index in [0.29, 0.717) is 12.4 Å². The predicted molar refractivity (Wildman–Crippen MR) is 65.3 cm³/mol. The van der Waals surface area contributed by atoms with Gasteiger partial charge in [-0.2, -0.15) is 0 Å². The van der Waals surface area contributed by atoms with Crippen LogP contribution < -0.4 is 22.3 Å². The first kappa shape index (κ1) is 12.5. The second-order valence-electron chi connectivity index (χ2n) is 4.07. The number of hydrogen-bond donors (Lipinski definition) is 4. The van der Waals surface area contributed by atoms with Crippen molar-refractivity contribution < 1.29 is 0 Å². The molecule has 0 spiro atoms. The molecule has 1 aromatic rings. The number of H-pyrrole nitrogens is 1. The minimum Gasteiger partial charge on any atom is -0.391 e. The van der Waals surface area contributed by atoms with E-state index in [0.717, 1.165) is 12.8 Å². The molecule has 0 aliphatic rings. The van der Waals surface area contributed by atoms with Crippen LogP contribution in [0.2, 0.25) is 0 Å². The van der Waals surface area contributed by atoms with Gasteiger partial charge in [0.15, 0.2) is 5.82 Å². The molecule has 1 rings (SSSR count). The van der Waals surface area contributed by atoms with Gasteiger partial charge in [-0.25, -0.2) is 4.98 Å². The maximum absolute atomic E-state index is 11.3. The molecular weight excluding hydrogens is 206 g/mol. The molecule has 0 fully saturated rings. The average molecular weight is 225 g/mol. The molecule has 6 N–H and O–H groups in total. The molecule has 1 aromatic heterocycles. The molecule has 0 saturated carbocycles. The summed E-state index contributed by atoms with van der Waals surface area (Å²) in [6.45, 7) is 4.65. The van der Waals surface area contributed by atoms with Gasteiger partial charge in [0.05, 0.1) is 6.33 Å². The molecule has 0 radical (unpaired) electrons. The summed E-state index contributed by atoms with van der Waals surface area (Å²) in [4.78, 5) is 17.7. The first-order valence-electron chi connectivity index (χ1n) is 5.34. The average Bonchev–Trinajstić information content (AvgIpc) is 2.25. The highest BCUT2D eigenvalue weighted by Gasteiger charge is 2.22. The summed E-state index contributed by atoms with van der Waals surface area (Å²) in [7, 11) is 0. The molecule has 1 atom stereocenters. The number of nitrogens with zero attached hydrogens (tertiary/aromatic N) is 1. The van der Waals surface area contributed by atoms with Crippen LogP contribution in [0.4, 0.5) is 11.5 Å². The lowest BCUT2D eigenvalue weighted by Crippen LogP contribution is -2.37. The van der Waals surface area contributed by atoms with Gasteiger partial charge in [-0.15, -0.1) is 0 Å². The van der Waals surface area contributed by atoms with E-state index in [2.05, 4.69) is 15.3 Å². The van der Waals surface area contributed by atoms with Crippen LogP contribution in [-0.4, -0.2) is 22.1 Å². The molecule has 0 aliphatic heterocycles. The van der Waals surface area contributed by atoms with E-state index in [1.54, 1.807) is 0 Å². The van der Waals surface area contributed by atoms with E-state index < -0.39 is 0 Å². The van der Waals surface area contributed by atoms with Crippen molar-refractivity contribution in [3.63, 3.8) is 0 Å². The number of nitrogens with two attached hydrogens (primary N) is 2. The standard InChI is InChI=1S/C10H19N5O/c1-3-10(2,4-5-11)15-8-7(12)9(16)14-6-13-8/h6H,3-5,11-12H2,1-2H3,(H2,13,14,15,16). The Morgan fingerprint density at radius 2 is 2.31 bits per heavy atom. The molecule has 6 heteroatoms. The molecule has 0 saturated heterocycles. The number of aromatic nitrogens is 2. The quantitative estimate of drug-likeness (QED) is 0.575. The molecule has 90 valence electrons. The van der Waals surface area contributed by atoms with Crippen LogP contribution in [0.1, 0.15) is 26.7 Å². The van der Waals surface area contributed by atoms with Crippen molar-refractivity contribution in [2.24, 2.45) is 5.73 Å². The molecular formula is C10H19N5O. The first-order chi connectivity index (χ1) is 7.52. The van der Waals surface area contributed by atoms with E-state index in [-0.39, 0.29) is 16.8 Å². The van der Waals surface area contributed by atoms with Crippen molar-refractivity contribution in [3.8, 4) is 0 Å². The minimum atomic E-state index is -0.330. The SMILES string of the molecule is CCC(C)(CCN)Nc1nc[nH]c(=O)c1N. The molecule has 6 nitrogen and oxygen atoms in total. The summed E-state index contributed by atoms with van der Waals surface area (Å²) in [6, 6.07) is 0. The highest BCUT2D eigenvalue weighted by Crippen LogP contribution is 2.21. The highest BCUT2D eigenvalue weighted by molar-refractivity contribution is 5.60. The largest absolute Gasteiger partial charge is 0.391 e. The van der Waals surface area contributed by atoms with E-state index in [4.69, 9.17) is 11.5 Å². The Morgan fingerprint density at radius 1 is 1.62 bits per heavy atom. The van der Waals surface area contributed by atoms with Gasteiger partial charge in [0.1, 0.15) is 5.69 Å². The zero-order valence-corrected chi connectivity index (χ0v) is 9.71. The molecule has 16 heavy (non-hydrogen) atoms. The lowest BCUT2D eigenvalue weighted by atomic mass is 9.94. The molecule has 1 unspecified atom stereocenters. The van der Waals surface area contributed by atoms with Gasteiger partial charge < -0.3 is 21.8 Å². The van der Waals surface area contributed by atoms with Crippen molar-refractivity contribution >= 4 is 11.5 Å². The molecule has 0 bridgehead atoms. The minimum absolute atomic E-state index is 0.110.